The Labute approximate surface area is 226 Å². The van der Waals surface area contributed by atoms with Crippen molar-refractivity contribution in [3.8, 4) is 17.3 Å². The number of fused-ring (bicyclic) bond motifs is 3. The van der Waals surface area contributed by atoms with Gasteiger partial charge in [0.15, 0.2) is 0 Å². The Hall–Kier alpha value is -4.85. The summed E-state index contributed by atoms with van der Waals surface area (Å²) in [6.45, 7) is 2.57. The van der Waals surface area contributed by atoms with E-state index in [-0.39, 0.29) is 11.8 Å². The molecule has 0 fully saturated rings. The van der Waals surface area contributed by atoms with Gasteiger partial charge < -0.3 is 19.5 Å². The molecule has 3 aromatic carbocycles. The van der Waals surface area contributed by atoms with Crippen LogP contribution in [0.1, 0.15) is 34.1 Å². The molecule has 1 N–H and O–H groups in total. The average molecular weight is 522 g/mol. The van der Waals surface area contributed by atoms with Crippen molar-refractivity contribution in [3.63, 3.8) is 0 Å². The molecule has 8 heteroatoms. The molecule has 0 bridgehead atoms. The minimum absolute atomic E-state index is 0.264. The number of nitrogens with one attached hydrogen (secondary N) is 1. The van der Waals surface area contributed by atoms with Crippen LogP contribution in [0.5, 0.6) is 5.75 Å². The Morgan fingerprint density at radius 2 is 1.85 bits per heavy atom. The van der Waals surface area contributed by atoms with Gasteiger partial charge >= 0.3 is 6.03 Å². The number of aromatic nitrogens is 3. The van der Waals surface area contributed by atoms with Gasteiger partial charge in [-0.25, -0.2) is 13.9 Å². The summed E-state index contributed by atoms with van der Waals surface area (Å²) in [5.41, 5.74) is 5.10. The first-order valence-corrected chi connectivity index (χ1v) is 12.8. The van der Waals surface area contributed by atoms with Crippen molar-refractivity contribution in [1.82, 2.24) is 24.6 Å². The van der Waals surface area contributed by atoms with Gasteiger partial charge in [-0.15, -0.1) is 0 Å². The smallest absolute Gasteiger partial charge is 0.318 e. The standard InChI is InChI=1S/C31H28FN5O2/c1-21-27-20-36(31(38)33-19-22-9-6-14-26(17-22)39-2)29(23-10-7-11-24(32)18-23)28-15-8-16-35(28)30(27)37(34-21)25-12-4-3-5-13-25/h3-18,29H,19-20H2,1-2H3,(H,33,38)/t29-/m0/s1. The average Bonchev–Trinajstić information content (AvgIpc) is 3.52. The number of para-hydroxylation sites is 1. The first-order chi connectivity index (χ1) is 19.0. The lowest BCUT2D eigenvalue weighted by Gasteiger charge is -2.31. The number of hydrogen-bond acceptors (Lipinski definition) is 3. The molecular weight excluding hydrogens is 493 g/mol. The zero-order valence-corrected chi connectivity index (χ0v) is 21.7. The van der Waals surface area contributed by atoms with Crippen LogP contribution in [0.3, 0.4) is 0 Å². The second kappa shape index (κ2) is 10.1. The lowest BCUT2D eigenvalue weighted by molar-refractivity contribution is 0.180. The predicted molar refractivity (Wildman–Crippen MR) is 147 cm³/mol. The number of urea groups is 1. The van der Waals surface area contributed by atoms with E-state index in [2.05, 4.69) is 9.88 Å². The van der Waals surface area contributed by atoms with Gasteiger partial charge in [0.1, 0.15) is 17.4 Å². The quantitative estimate of drug-likeness (QED) is 0.312. The lowest BCUT2D eigenvalue weighted by atomic mass is 10.0. The summed E-state index contributed by atoms with van der Waals surface area (Å²) in [7, 11) is 1.61. The highest BCUT2D eigenvalue weighted by Crippen LogP contribution is 2.38. The maximum absolute atomic E-state index is 14.5. The maximum atomic E-state index is 14.5. The van der Waals surface area contributed by atoms with Gasteiger partial charge in [0.2, 0.25) is 0 Å². The van der Waals surface area contributed by atoms with Crippen molar-refractivity contribution in [3.05, 3.63) is 131 Å². The molecule has 6 rings (SSSR count). The van der Waals surface area contributed by atoms with Crippen molar-refractivity contribution < 1.29 is 13.9 Å². The first kappa shape index (κ1) is 24.5. The fourth-order valence-corrected chi connectivity index (χ4v) is 5.24. The number of carbonyl (C=O) groups is 1. The van der Waals surface area contributed by atoms with Crippen molar-refractivity contribution >= 4 is 6.03 Å². The van der Waals surface area contributed by atoms with Crippen molar-refractivity contribution in [2.75, 3.05) is 7.11 Å². The molecule has 5 aromatic rings. The number of nitrogens with zero attached hydrogens (tertiary/aromatic N) is 4. The second-order valence-electron chi connectivity index (χ2n) is 9.53. The van der Waals surface area contributed by atoms with Crippen molar-refractivity contribution in [1.29, 1.82) is 0 Å². The Bertz CT molecular complexity index is 1640. The molecule has 1 atom stereocenters. The Morgan fingerprint density at radius 3 is 2.64 bits per heavy atom. The summed E-state index contributed by atoms with van der Waals surface area (Å²) in [6.07, 6.45) is 1.97. The van der Waals surface area contributed by atoms with Gasteiger partial charge in [0.25, 0.3) is 0 Å². The Morgan fingerprint density at radius 1 is 1.03 bits per heavy atom. The number of carbonyl (C=O) groups excluding carboxylic acids is 1. The number of ether oxygens (including phenoxy) is 1. The fourth-order valence-electron chi connectivity index (χ4n) is 5.24. The van der Waals surface area contributed by atoms with Crippen molar-refractivity contribution in [2.45, 2.75) is 26.1 Å². The molecule has 0 saturated carbocycles. The zero-order chi connectivity index (χ0) is 26.9. The minimum Gasteiger partial charge on any atom is -0.497 e. The topological polar surface area (TPSA) is 64.3 Å². The highest BCUT2D eigenvalue weighted by Gasteiger charge is 2.36. The summed E-state index contributed by atoms with van der Waals surface area (Å²) in [5, 5.41) is 7.94. The fraction of sp³-hybridized carbons (Fsp3) is 0.161. The van der Waals surface area contributed by atoms with Crippen LogP contribution in [0, 0.1) is 12.7 Å². The third kappa shape index (κ3) is 4.54. The van der Waals surface area contributed by atoms with Crippen LogP contribution >= 0.6 is 0 Å². The second-order valence-corrected chi connectivity index (χ2v) is 9.53. The van der Waals surface area contributed by atoms with Crippen LogP contribution in [0.15, 0.2) is 97.2 Å². The number of amides is 2. The van der Waals surface area contributed by atoms with Crippen LogP contribution in [0.4, 0.5) is 9.18 Å². The largest absolute Gasteiger partial charge is 0.497 e. The number of benzene rings is 3. The predicted octanol–water partition coefficient (Wildman–Crippen LogP) is 5.93. The van der Waals surface area contributed by atoms with Gasteiger partial charge in [-0.3, -0.25) is 0 Å². The molecule has 7 nitrogen and oxygen atoms in total. The number of methoxy groups -OCH3 is 1. The molecule has 0 unspecified atom stereocenters. The van der Waals surface area contributed by atoms with Gasteiger partial charge in [0.05, 0.1) is 36.8 Å². The molecule has 3 heterocycles. The van der Waals surface area contributed by atoms with E-state index in [0.717, 1.165) is 39.8 Å². The maximum Gasteiger partial charge on any atom is 0.318 e. The minimum atomic E-state index is -0.531. The Kier molecular flexibility index (Phi) is 6.36. The van der Waals surface area contributed by atoms with E-state index in [1.807, 2.05) is 90.6 Å². The highest BCUT2D eigenvalue weighted by molar-refractivity contribution is 5.76. The summed E-state index contributed by atoms with van der Waals surface area (Å²) < 4.78 is 23.8. The zero-order valence-electron chi connectivity index (χ0n) is 21.7. The third-order valence-corrected chi connectivity index (χ3v) is 7.09. The Balaban J connectivity index is 1.46. The molecule has 1 aliphatic heterocycles. The van der Waals surface area contributed by atoms with Gasteiger partial charge in [-0.1, -0.05) is 42.5 Å². The number of hydrogen-bond donors (Lipinski definition) is 1. The monoisotopic (exact) mass is 521 g/mol. The van der Waals surface area contributed by atoms with Crippen LogP contribution in [-0.4, -0.2) is 32.4 Å². The highest BCUT2D eigenvalue weighted by atomic mass is 19.1. The van der Waals surface area contributed by atoms with E-state index in [4.69, 9.17) is 9.84 Å². The number of halogens is 1. The summed E-state index contributed by atoms with van der Waals surface area (Å²) in [6, 6.07) is 27.1. The molecule has 39 heavy (non-hydrogen) atoms. The summed E-state index contributed by atoms with van der Waals surface area (Å²) >= 11 is 0. The number of rotatable bonds is 5. The molecule has 2 amide bonds. The van der Waals surface area contributed by atoms with Crippen LogP contribution < -0.4 is 10.1 Å². The lowest BCUT2D eigenvalue weighted by Crippen LogP contribution is -2.41. The normalized spacial score (nSPS) is 14.3. The van der Waals surface area contributed by atoms with Gasteiger partial charge in [-0.2, -0.15) is 5.10 Å². The third-order valence-electron chi connectivity index (χ3n) is 7.09. The molecule has 1 aliphatic rings. The number of aryl methyl sites for hydroxylation is 1. The molecule has 0 saturated heterocycles. The van der Waals surface area contributed by atoms with Crippen molar-refractivity contribution in [2.24, 2.45) is 0 Å². The van der Waals surface area contributed by atoms with E-state index >= 15 is 0 Å². The molecule has 0 aliphatic carbocycles. The molecule has 196 valence electrons. The summed E-state index contributed by atoms with van der Waals surface area (Å²) in [4.78, 5) is 15.7. The van der Waals surface area contributed by atoms with E-state index in [1.165, 1.54) is 12.1 Å². The molecular formula is C31H28FN5O2. The van der Waals surface area contributed by atoms with E-state index in [9.17, 15) is 9.18 Å². The molecule has 0 radical (unpaired) electrons. The van der Waals surface area contributed by atoms with Crippen LogP contribution in [0.25, 0.3) is 11.5 Å². The van der Waals surface area contributed by atoms with E-state index in [0.29, 0.717) is 18.7 Å². The van der Waals surface area contributed by atoms with Crippen LogP contribution in [-0.2, 0) is 13.1 Å². The molecule has 0 spiro atoms. The first-order valence-electron chi connectivity index (χ1n) is 12.8. The van der Waals surface area contributed by atoms with Gasteiger partial charge in [0, 0.05) is 18.3 Å². The molecule has 2 aromatic heterocycles. The SMILES string of the molecule is COc1cccc(CNC(=O)N2Cc3c(C)nn(-c4ccccc4)c3-n3cccc3[C@@H]2c2cccc(F)c2)c1. The summed E-state index contributed by atoms with van der Waals surface area (Å²) in [5.74, 6) is 1.24. The van der Waals surface area contributed by atoms with E-state index < -0.39 is 6.04 Å². The van der Waals surface area contributed by atoms with E-state index in [1.54, 1.807) is 18.1 Å². The van der Waals surface area contributed by atoms with Crippen LogP contribution in [0.2, 0.25) is 0 Å². The van der Waals surface area contributed by atoms with Gasteiger partial charge in [-0.05, 0) is 66.6 Å².